The lowest BCUT2D eigenvalue weighted by Gasteiger charge is -2.16. The molecule has 2 nitrogen and oxygen atoms in total. The van der Waals surface area contributed by atoms with Gasteiger partial charge in [0, 0.05) is 23.1 Å². The first-order valence-electron chi connectivity index (χ1n) is 7.00. The zero-order valence-electron chi connectivity index (χ0n) is 11.7. The Morgan fingerprint density at radius 1 is 0.737 bits per heavy atom. The maximum absolute atomic E-state index is 3.54. The molecule has 0 saturated heterocycles. The number of para-hydroxylation sites is 1. The van der Waals surface area contributed by atoms with E-state index in [2.05, 4.69) is 60.9 Å². The largest absolute Gasteiger partial charge is 0.382 e. The molecule has 0 unspecified atom stereocenters. The highest BCUT2D eigenvalue weighted by atomic mass is 14.9. The topological polar surface area (TPSA) is 24.1 Å². The smallest absolute Gasteiger partial charge is 0.0385 e. The van der Waals surface area contributed by atoms with E-state index in [-0.39, 0.29) is 0 Å². The van der Waals surface area contributed by atoms with Gasteiger partial charge in [0.05, 0.1) is 0 Å². The van der Waals surface area contributed by atoms with Gasteiger partial charge in [0.1, 0.15) is 0 Å². The fraction of sp³-hybridized carbons (Fsp3) is 0.294. The lowest BCUT2D eigenvalue weighted by atomic mass is 10.1. The second-order valence-electron chi connectivity index (χ2n) is 4.73. The fourth-order valence-electron chi connectivity index (χ4n) is 2.07. The highest BCUT2D eigenvalue weighted by Crippen LogP contribution is 2.19. The summed E-state index contributed by atoms with van der Waals surface area (Å²) in [5, 5.41) is 6.93. The van der Waals surface area contributed by atoms with E-state index in [9.17, 15) is 0 Å². The first-order valence-corrected chi connectivity index (χ1v) is 7.00. The third kappa shape index (κ3) is 4.02. The van der Waals surface area contributed by atoms with Crippen molar-refractivity contribution in [2.45, 2.75) is 32.7 Å². The molecule has 0 bridgehead atoms. The molecule has 0 heterocycles. The van der Waals surface area contributed by atoms with Crippen molar-refractivity contribution in [2.24, 2.45) is 0 Å². The zero-order valence-corrected chi connectivity index (χ0v) is 11.7. The molecule has 0 aromatic heterocycles. The molecular formula is C17H22N2. The second kappa shape index (κ2) is 6.83. The van der Waals surface area contributed by atoms with Crippen molar-refractivity contribution in [3.63, 3.8) is 0 Å². The van der Waals surface area contributed by atoms with E-state index in [0.29, 0.717) is 6.04 Å². The minimum Gasteiger partial charge on any atom is -0.382 e. The predicted molar refractivity (Wildman–Crippen MR) is 84.2 cm³/mol. The van der Waals surface area contributed by atoms with E-state index < -0.39 is 0 Å². The summed E-state index contributed by atoms with van der Waals surface area (Å²) in [6.07, 6.45) is 2.31. The van der Waals surface area contributed by atoms with Gasteiger partial charge in [-0.2, -0.15) is 0 Å². The maximum Gasteiger partial charge on any atom is 0.0385 e. The average Bonchev–Trinajstić information content (AvgIpc) is 2.47. The van der Waals surface area contributed by atoms with Gasteiger partial charge in [0.25, 0.3) is 0 Å². The van der Waals surface area contributed by atoms with Crippen molar-refractivity contribution in [3.8, 4) is 0 Å². The first kappa shape index (κ1) is 13.5. The second-order valence-corrected chi connectivity index (χ2v) is 4.73. The van der Waals surface area contributed by atoms with Gasteiger partial charge in [-0.25, -0.2) is 0 Å². The normalized spacial score (nSPS) is 10.5. The first-order chi connectivity index (χ1) is 9.31. The number of anilines is 3. The molecule has 0 aliphatic carbocycles. The Morgan fingerprint density at radius 2 is 1.26 bits per heavy atom. The summed E-state index contributed by atoms with van der Waals surface area (Å²) in [7, 11) is 0. The quantitative estimate of drug-likeness (QED) is 0.755. The van der Waals surface area contributed by atoms with Gasteiger partial charge in [0.2, 0.25) is 0 Å². The summed E-state index contributed by atoms with van der Waals surface area (Å²) in [6.45, 7) is 4.43. The Hall–Kier alpha value is -1.96. The highest BCUT2D eigenvalue weighted by molar-refractivity contribution is 5.62. The Balaban J connectivity index is 1.98. The van der Waals surface area contributed by atoms with Crippen LogP contribution >= 0.6 is 0 Å². The highest BCUT2D eigenvalue weighted by Gasteiger charge is 2.02. The average molecular weight is 254 g/mol. The molecule has 0 saturated carbocycles. The van der Waals surface area contributed by atoms with Gasteiger partial charge in [0.15, 0.2) is 0 Å². The molecule has 2 N–H and O–H groups in total. The van der Waals surface area contributed by atoms with Crippen LogP contribution in [0.15, 0.2) is 54.6 Å². The third-order valence-electron chi connectivity index (χ3n) is 3.30. The summed E-state index contributed by atoms with van der Waals surface area (Å²) < 4.78 is 0. The van der Waals surface area contributed by atoms with Crippen molar-refractivity contribution in [1.29, 1.82) is 0 Å². The van der Waals surface area contributed by atoms with Gasteiger partial charge < -0.3 is 10.6 Å². The summed E-state index contributed by atoms with van der Waals surface area (Å²) in [4.78, 5) is 0. The van der Waals surface area contributed by atoms with E-state index in [0.717, 1.165) is 24.2 Å². The molecule has 0 amide bonds. The van der Waals surface area contributed by atoms with E-state index in [4.69, 9.17) is 0 Å². The molecule has 2 rings (SSSR count). The van der Waals surface area contributed by atoms with E-state index >= 15 is 0 Å². The van der Waals surface area contributed by atoms with Gasteiger partial charge >= 0.3 is 0 Å². The SMILES string of the molecule is CCC(CC)Nc1ccc(Nc2ccccc2)cc1. The van der Waals surface area contributed by atoms with Crippen molar-refractivity contribution in [3.05, 3.63) is 54.6 Å². The zero-order chi connectivity index (χ0) is 13.5. The van der Waals surface area contributed by atoms with Crippen LogP contribution in [-0.4, -0.2) is 6.04 Å². The summed E-state index contributed by atoms with van der Waals surface area (Å²) in [6, 6.07) is 19.3. The molecule has 0 radical (unpaired) electrons. The molecule has 100 valence electrons. The summed E-state index contributed by atoms with van der Waals surface area (Å²) in [5.41, 5.74) is 3.41. The molecular weight excluding hydrogens is 232 g/mol. The third-order valence-corrected chi connectivity index (χ3v) is 3.30. The lowest BCUT2D eigenvalue weighted by molar-refractivity contribution is 0.672. The number of nitrogens with one attached hydrogen (secondary N) is 2. The number of benzene rings is 2. The summed E-state index contributed by atoms with van der Waals surface area (Å²) >= 11 is 0. The van der Waals surface area contributed by atoms with Gasteiger partial charge in [-0.15, -0.1) is 0 Å². The van der Waals surface area contributed by atoms with Crippen LogP contribution in [0.5, 0.6) is 0 Å². The number of hydrogen-bond donors (Lipinski definition) is 2. The Labute approximate surface area is 115 Å². The molecule has 2 aromatic rings. The molecule has 0 aliphatic heterocycles. The predicted octanol–water partition coefficient (Wildman–Crippen LogP) is 5.03. The minimum atomic E-state index is 0.563. The van der Waals surface area contributed by atoms with Crippen molar-refractivity contribution < 1.29 is 0 Å². The molecule has 2 heteroatoms. The van der Waals surface area contributed by atoms with Gasteiger partial charge in [-0.3, -0.25) is 0 Å². The minimum absolute atomic E-state index is 0.563. The van der Waals surface area contributed by atoms with Crippen molar-refractivity contribution >= 4 is 17.1 Å². The molecule has 0 atom stereocenters. The van der Waals surface area contributed by atoms with Crippen LogP contribution < -0.4 is 10.6 Å². The van der Waals surface area contributed by atoms with Crippen LogP contribution in [0.3, 0.4) is 0 Å². The maximum atomic E-state index is 3.54. The lowest BCUT2D eigenvalue weighted by Crippen LogP contribution is -2.16. The van der Waals surface area contributed by atoms with Gasteiger partial charge in [-0.1, -0.05) is 32.0 Å². The standard InChI is InChI=1S/C17H22N2/c1-3-14(4-2)18-16-10-12-17(13-11-16)19-15-8-6-5-7-9-15/h5-14,18-19H,3-4H2,1-2H3. The molecule has 0 aliphatic rings. The Bertz CT molecular complexity index is 472. The van der Waals surface area contributed by atoms with Crippen LogP contribution in [0, 0.1) is 0 Å². The van der Waals surface area contributed by atoms with Crippen LogP contribution in [0.1, 0.15) is 26.7 Å². The van der Waals surface area contributed by atoms with Crippen LogP contribution in [0.25, 0.3) is 0 Å². The molecule has 19 heavy (non-hydrogen) atoms. The van der Waals surface area contributed by atoms with Crippen LogP contribution in [0.2, 0.25) is 0 Å². The van der Waals surface area contributed by atoms with Crippen LogP contribution in [-0.2, 0) is 0 Å². The van der Waals surface area contributed by atoms with E-state index in [1.165, 1.54) is 5.69 Å². The van der Waals surface area contributed by atoms with Crippen LogP contribution in [0.4, 0.5) is 17.1 Å². The van der Waals surface area contributed by atoms with Crippen molar-refractivity contribution in [1.82, 2.24) is 0 Å². The fourth-order valence-corrected chi connectivity index (χ4v) is 2.07. The molecule has 0 fully saturated rings. The van der Waals surface area contributed by atoms with Gasteiger partial charge in [-0.05, 0) is 49.2 Å². The van der Waals surface area contributed by atoms with E-state index in [1.807, 2.05) is 18.2 Å². The molecule has 2 aromatic carbocycles. The monoisotopic (exact) mass is 254 g/mol. The summed E-state index contributed by atoms with van der Waals surface area (Å²) in [5.74, 6) is 0. The Morgan fingerprint density at radius 3 is 1.84 bits per heavy atom. The molecule has 0 spiro atoms. The van der Waals surface area contributed by atoms with E-state index in [1.54, 1.807) is 0 Å². The number of hydrogen-bond acceptors (Lipinski definition) is 2. The van der Waals surface area contributed by atoms with Crippen molar-refractivity contribution in [2.75, 3.05) is 10.6 Å². The Kier molecular flexibility index (Phi) is 4.85. The number of rotatable bonds is 6.